The summed E-state index contributed by atoms with van der Waals surface area (Å²) < 4.78 is 55.0. The van der Waals surface area contributed by atoms with Crippen molar-refractivity contribution in [1.29, 1.82) is 0 Å². The smallest absolute Gasteiger partial charge is 0.267 e. The molecule has 2 nitrogen and oxygen atoms in total. The van der Waals surface area contributed by atoms with Crippen LogP contribution in [0.1, 0.15) is 88.9 Å². The fourth-order valence-electron chi connectivity index (χ4n) is 5.97. The van der Waals surface area contributed by atoms with Gasteiger partial charge in [0.25, 0.3) is 6.43 Å². The highest BCUT2D eigenvalue weighted by atomic mass is 19.3. The Morgan fingerprint density at radius 1 is 0.912 bits per heavy atom. The van der Waals surface area contributed by atoms with Crippen molar-refractivity contribution in [3.05, 3.63) is 53.3 Å². The molecule has 2 fully saturated rings. The third-order valence-corrected chi connectivity index (χ3v) is 7.82. The van der Waals surface area contributed by atoms with Crippen molar-refractivity contribution in [2.45, 2.75) is 77.7 Å². The van der Waals surface area contributed by atoms with Crippen LogP contribution in [0.5, 0.6) is 5.75 Å². The van der Waals surface area contributed by atoms with Gasteiger partial charge in [0.2, 0.25) is 0 Å². The molecule has 186 valence electrons. The number of halogens is 3. The summed E-state index contributed by atoms with van der Waals surface area (Å²) in [5.41, 5.74) is 0.487. The number of hydrogen-bond acceptors (Lipinski definition) is 2. The number of rotatable bonds is 8. The van der Waals surface area contributed by atoms with Gasteiger partial charge in [0.1, 0.15) is 11.6 Å². The second-order valence-electron chi connectivity index (χ2n) is 9.92. The monoisotopic (exact) mass is 474 g/mol. The summed E-state index contributed by atoms with van der Waals surface area (Å²) in [5, 5.41) is 0. The molecule has 2 aromatic carbocycles. The highest BCUT2D eigenvalue weighted by molar-refractivity contribution is 5.69. The first-order chi connectivity index (χ1) is 16.5. The molecular formula is C29H37F3O2. The number of ether oxygens (including phenoxy) is 2. The van der Waals surface area contributed by atoms with Gasteiger partial charge >= 0.3 is 0 Å². The van der Waals surface area contributed by atoms with Gasteiger partial charge in [-0.3, -0.25) is 0 Å². The van der Waals surface area contributed by atoms with Crippen molar-refractivity contribution in [2.24, 2.45) is 17.8 Å². The Hall–Kier alpha value is -2.01. The van der Waals surface area contributed by atoms with Crippen LogP contribution in [0.15, 0.2) is 36.4 Å². The van der Waals surface area contributed by atoms with E-state index in [2.05, 4.69) is 6.92 Å². The molecule has 2 unspecified atom stereocenters. The molecule has 0 bridgehead atoms. The molecule has 0 spiro atoms. The maximum atomic E-state index is 15.4. The normalized spacial score (nSPS) is 25.5. The van der Waals surface area contributed by atoms with Gasteiger partial charge in [-0.05, 0) is 73.6 Å². The lowest BCUT2D eigenvalue weighted by Gasteiger charge is -2.38. The molecule has 2 aromatic rings. The SMILES string of the molecule is CCCC1CCC(C2CCC(c3ccc(-c4ccc(OCC)cc4)c(C(F)F)c3F)OC2)CC1. The van der Waals surface area contributed by atoms with Crippen LogP contribution < -0.4 is 4.74 Å². The van der Waals surface area contributed by atoms with Gasteiger partial charge in [-0.1, -0.05) is 56.9 Å². The zero-order valence-corrected chi connectivity index (χ0v) is 20.4. The minimum Gasteiger partial charge on any atom is -0.494 e. The molecule has 2 aliphatic rings. The van der Waals surface area contributed by atoms with Crippen molar-refractivity contribution in [1.82, 2.24) is 0 Å². The number of alkyl halides is 2. The second-order valence-corrected chi connectivity index (χ2v) is 9.92. The van der Waals surface area contributed by atoms with Crippen LogP contribution in [-0.2, 0) is 4.74 Å². The molecule has 1 aliphatic carbocycles. The summed E-state index contributed by atoms with van der Waals surface area (Å²) in [6.45, 7) is 5.25. The summed E-state index contributed by atoms with van der Waals surface area (Å²) in [5.74, 6) is 1.88. The van der Waals surface area contributed by atoms with Gasteiger partial charge in [-0.2, -0.15) is 0 Å². The topological polar surface area (TPSA) is 18.5 Å². The van der Waals surface area contributed by atoms with Gasteiger partial charge in [0.15, 0.2) is 0 Å². The van der Waals surface area contributed by atoms with E-state index in [1.165, 1.54) is 38.5 Å². The summed E-state index contributed by atoms with van der Waals surface area (Å²) in [6.07, 6.45) is 5.99. The molecule has 1 saturated heterocycles. The van der Waals surface area contributed by atoms with E-state index in [-0.39, 0.29) is 11.1 Å². The molecule has 1 heterocycles. The maximum Gasteiger partial charge on any atom is 0.267 e. The molecule has 34 heavy (non-hydrogen) atoms. The van der Waals surface area contributed by atoms with Gasteiger partial charge in [0, 0.05) is 5.56 Å². The molecule has 5 heteroatoms. The summed E-state index contributed by atoms with van der Waals surface area (Å²) >= 11 is 0. The van der Waals surface area contributed by atoms with Crippen LogP contribution in [0, 0.1) is 23.6 Å². The molecule has 1 aliphatic heterocycles. The molecule has 0 N–H and O–H groups in total. The quantitative estimate of drug-likeness (QED) is 0.380. The maximum absolute atomic E-state index is 15.4. The van der Waals surface area contributed by atoms with Crippen molar-refractivity contribution >= 4 is 0 Å². The predicted octanol–water partition coefficient (Wildman–Crippen LogP) is 8.90. The van der Waals surface area contributed by atoms with E-state index in [1.807, 2.05) is 6.92 Å². The minimum absolute atomic E-state index is 0.219. The number of benzene rings is 2. The fourth-order valence-corrected chi connectivity index (χ4v) is 5.97. The zero-order valence-electron chi connectivity index (χ0n) is 20.4. The van der Waals surface area contributed by atoms with Crippen molar-refractivity contribution in [3.8, 4) is 16.9 Å². The Kier molecular flexibility index (Phi) is 8.57. The fraction of sp³-hybridized carbons (Fsp3) is 0.586. The summed E-state index contributed by atoms with van der Waals surface area (Å²) in [6, 6.07) is 10.1. The van der Waals surface area contributed by atoms with E-state index in [1.54, 1.807) is 36.4 Å². The Bertz CT molecular complexity index is 912. The van der Waals surface area contributed by atoms with E-state index in [9.17, 15) is 8.78 Å². The predicted molar refractivity (Wildman–Crippen MR) is 130 cm³/mol. The largest absolute Gasteiger partial charge is 0.494 e. The van der Waals surface area contributed by atoms with Crippen molar-refractivity contribution in [3.63, 3.8) is 0 Å². The molecule has 0 amide bonds. The first kappa shape index (κ1) is 25.1. The molecule has 1 saturated carbocycles. The highest BCUT2D eigenvalue weighted by Gasteiger charge is 2.33. The first-order valence-electron chi connectivity index (χ1n) is 13.0. The van der Waals surface area contributed by atoms with E-state index in [0.717, 1.165) is 12.3 Å². The third kappa shape index (κ3) is 5.62. The van der Waals surface area contributed by atoms with Crippen LogP contribution in [-0.4, -0.2) is 13.2 Å². The Labute approximate surface area is 201 Å². The van der Waals surface area contributed by atoms with Crippen molar-refractivity contribution < 1.29 is 22.6 Å². The summed E-state index contributed by atoms with van der Waals surface area (Å²) in [4.78, 5) is 0. The Morgan fingerprint density at radius 3 is 2.21 bits per heavy atom. The van der Waals surface area contributed by atoms with Gasteiger partial charge < -0.3 is 9.47 Å². The first-order valence-corrected chi connectivity index (χ1v) is 13.0. The van der Waals surface area contributed by atoms with Crippen LogP contribution >= 0.6 is 0 Å². The van der Waals surface area contributed by atoms with Crippen LogP contribution in [0.4, 0.5) is 13.2 Å². The van der Waals surface area contributed by atoms with Gasteiger partial charge in [-0.25, -0.2) is 13.2 Å². The summed E-state index contributed by atoms with van der Waals surface area (Å²) in [7, 11) is 0. The lowest BCUT2D eigenvalue weighted by atomic mass is 9.72. The van der Waals surface area contributed by atoms with Crippen LogP contribution in [0.25, 0.3) is 11.1 Å². The third-order valence-electron chi connectivity index (χ3n) is 7.82. The zero-order chi connectivity index (χ0) is 24.1. The average molecular weight is 475 g/mol. The van der Waals surface area contributed by atoms with E-state index >= 15 is 4.39 Å². The average Bonchev–Trinajstić information content (AvgIpc) is 2.85. The minimum atomic E-state index is -2.91. The Balaban J connectivity index is 1.45. The van der Waals surface area contributed by atoms with Crippen LogP contribution in [0.3, 0.4) is 0 Å². The standard InChI is InChI=1S/C29H37F3O2/c1-3-5-19-6-8-20(9-7-19)22-12-17-26(34-18-22)25-16-15-24(27(28(25)30)29(31)32)21-10-13-23(14-11-21)33-4-2/h10-11,13-16,19-20,22,26,29H,3-9,12,17-18H2,1-2H3. The molecule has 2 atom stereocenters. The van der Waals surface area contributed by atoms with Crippen molar-refractivity contribution in [2.75, 3.05) is 13.2 Å². The van der Waals surface area contributed by atoms with Gasteiger partial charge in [0.05, 0.1) is 24.9 Å². The molecular weight excluding hydrogens is 437 g/mol. The van der Waals surface area contributed by atoms with Crippen LogP contribution in [0.2, 0.25) is 0 Å². The molecule has 4 rings (SSSR count). The molecule has 0 radical (unpaired) electrons. The lowest BCUT2D eigenvalue weighted by molar-refractivity contribution is -0.0420. The Morgan fingerprint density at radius 2 is 1.62 bits per heavy atom. The lowest BCUT2D eigenvalue weighted by Crippen LogP contribution is -2.30. The second kappa shape index (κ2) is 11.6. The van der Waals surface area contributed by atoms with Gasteiger partial charge in [-0.15, -0.1) is 0 Å². The van der Waals surface area contributed by atoms with E-state index in [0.29, 0.717) is 42.8 Å². The number of hydrogen-bond donors (Lipinski definition) is 0. The molecule has 0 aromatic heterocycles. The van der Waals surface area contributed by atoms with E-state index < -0.39 is 23.9 Å². The highest BCUT2D eigenvalue weighted by Crippen LogP contribution is 2.43. The van der Waals surface area contributed by atoms with E-state index in [4.69, 9.17) is 9.47 Å².